The first-order valence-electron chi connectivity index (χ1n) is 6.91. The van der Waals surface area contributed by atoms with Gasteiger partial charge in [0.15, 0.2) is 0 Å². The summed E-state index contributed by atoms with van der Waals surface area (Å²) in [7, 11) is 1.88. The number of nitrogens with zero attached hydrogens (tertiary/aromatic N) is 1. The summed E-state index contributed by atoms with van der Waals surface area (Å²) in [6.07, 6.45) is 3.56. The van der Waals surface area contributed by atoms with Crippen molar-refractivity contribution in [2.45, 2.75) is 45.2 Å². The molecule has 1 saturated heterocycles. The number of anilines is 1. The molecule has 1 N–H and O–H groups in total. The van der Waals surface area contributed by atoms with E-state index in [0.717, 1.165) is 24.2 Å². The maximum Gasteiger partial charge on any atom is 0.130 e. The Morgan fingerprint density at radius 1 is 1.50 bits per heavy atom. The van der Waals surface area contributed by atoms with E-state index in [1.54, 1.807) is 6.07 Å². The van der Waals surface area contributed by atoms with Gasteiger partial charge in [-0.15, -0.1) is 0 Å². The average molecular weight is 250 g/mol. The Balaban J connectivity index is 2.40. The maximum absolute atomic E-state index is 14.1. The van der Waals surface area contributed by atoms with Gasteiger partial charge in [-0.25, -0.2) is 4.39 Å². The molecule has 2 nitrogen and oxygen atoms in total. The predicted octanol–water partition coefficient (Wildman–Crippen LogP) is 3.48. The molecule has 18 heavy (non-hydrogen) atoms. The van der Waals surface area contributed by atoms with Crippen LogP contribution in [0.2, 0.25) is 0 Å². The lowest BCUT2D eigenvalue weighted by Crippen LogP contribution is -2.31. The standard InChI is InChI=1S/C15H23FN2/c1-4-12-7-6-10-18(12)14-9-5-8-13(16)15(14)11(2)17-3/h5,8-9,11-12,17H,4,6-7,10H2,1-3H3. The molecule has 100 valence electrons. The second kappa shape index (κ2) is 5.70. The van der Waals surface area contributed by atoms with Crippen LogP contribution in [0.1, 0.15) is 44.7 Å². The summed E-state index contributed by atoms with van der Waals surface area (Å²) in [6, 6.07) is 6.04. The van der Waals surface area contributed by atoms with Crippen molar-refractivity contribution in [3.63, 3.8) is 0 Å². The minimum atomic E-state index is -0.101. The molecule has 1 aliphatic heterocycles. The number of halogens is 1. The van der Waals surface area contributed by atoms with E-state index in [1.807, 2.05) is 20.0 Å². The van der Waals surface area contributed by atoms with Crippen LogP contribution in [0, 0.1) is 5.82 Å². The molecule has 0 aromatic heterocycles. The summed E-state index contributed by atoms with van der Waals surface area (Å²) in [6.45, 7) is 5.27. The lowest BCUT2D eigenvalue weighted by atomic mass is 10.0. The van der Waals surface area contributed by atoms with Crippen LogP contribution >= 0.6 is 0 Å². The van der Waals surface area contributed by atoms with Gasteiger partial charge in [0.2, 0.25) is 0 Å². The van der Waals surface area contributed by atoms with Crippen molar-refractivity contribution in [3.8, 4) is 0 Å². The Bertz CT molecular complexity index is 405. The quantitative estimate of drug-likeness (QED) is 0.880. The molecule has 0 amide bonds. The van der Waals surface area contributed by atoms with Gasteiger partial charge in [0.05, 0.1) is 0 Å². The van der Waals surface area contributed by atoms with Gasteiger partial charge in [-0.05, 0) is 45.4 Å². The summed E-state index contributed by atoms with van der Waals surface area (Å²) in [5.41, 5.74) is 1.88. The molecule has 0 aliphatic carbocycles. The normalized spacial score (nSPS) is 21.3. The highest BCUT2D eigenvalue weighted by molar-refractivity contribution is 5.57. The van der Waals surface area contributed by atoms with Gasteiger partial charge in [0.1, 0.15) is 5.82 Å². The van der Waals surface area contributed by atoms with Crippen LogP contribution in [0.25, 0.3) is 0 Å². The van der Waals surface area contributed by atoms with E-state index in [4.69, 9.17) is 0 Å². The molecule has 2 atom stereocenters. The van der Waals surface area contributed by atoms with E-state index in [2.05, 4.69) is 23.2 Å². The number of nitrogens with one attached hydrogen (secondary N) is 1. The fourth-order valence-electron chi connectivity index (χ4n) is 2.93. The van der Waals surface area contributed by atoms with Crippen molar-refractivity contribution in [2.24, 2.45) is 0 Å². The average Bonchev–Trinajstić information content (AvgIpc) is 2.85. The Kier molecular flexibility index (Phi) is 4.23. The third-order valence-electron chi connectivity index (χ3n) is 4.05. The van der Waals surface area contributed by atoms with E-state index < -0.39 is 0 Å². The first-order valence-corrected chi connectivity index (χ1v) is 6.91. The molecule has 1 heterocycles. The van der Waals surface area contributed by atoms with Gasteiger partial charge >= 0.3 is 0 Å². The minimum Gasteiger partial charge on any atom is -0.368 e. The van der Waals surface area contributed by atoms with Crippen LogP contribution in [0.4, 0.5) is 10.1 Å². The zero-order chi connectivity index (χ0) is 13.1. The fraction of sp³-hybridized carbons (Fsp3) is 0.600. The second-order valence-electron chi connectivity index (χ2n) is 5.08. The zero-order valence-electron chi connectivity index (χ0n) is 11.5. The topological polar surface area (TPSA) is 15.3 Å². The molecule has 1 aromatic rings. The Labute approximate surface area is 109 Å². The highest BCUT2D eigenvalue weighted by Gasteiger charge is 2.27. The molecule has 0 bridgehead atoms. The molecule has 1 aromatic carbocycles. The van der Waals surface area contributed by atoms with Crippen molar-refractivity contribution >= 4 is 5.69 Å². The highest BCUT2D eigenvalue weighted by atomic mass is 19.1. The molecule has 2 rings (SSSR count). The molecule has 0 saturated carbocycles. The Morgan fingerprint density at radius 3 is 2.94 bits per heavy atom. The number of rotatable bonds is 4. The second-order valence-corrected chi connectivity index (χ2v) is 5.08. The van der Waals surface area contributed by atoms with Crippen LogP contribution in [0.5, 0.6) is 0 Å². The molecular weight excluding hydrogens is 227 g/mol. The van der Waals surface area contributed by atoms with E-state index in [-0.39, 0.29) is 11.9 Å². The Morgan fingerprint density at radius 2 is 2.28 bits per heavy atom. The first-order chi connectivity index (χ1) is 8.69. The van der Waals surface area contributed by atoms with Crippen LogP contribution < -0.4 is 10.2 Å². The van der Waals surface area contributed by atoms with Crippen molar-refractivity contribution in [2.75, 3.05) is 18.5 Å². The SMILES string of the molecule is CCC1CCCN1c1cccc(F)c1C(C)NC. The van der Waals surface area contributed by atoms with Gasteiger partial charge in [-0.1, -0.05) is 13.0 Å². The monoisotopic (exact) mass is 250 g/mol. The molecular formula is C15H23FN2. The van der Waals surface area contributed by atoms with E-state index in [9.17, 15) is 4.39 Å². The number of benzene rings is 1. The van der Waals surface area contributed by atoms with E-state index >= 15 is 0 Å². The van der Waals surface area contributed by atoms with Gasteiger partial charge in [-0.3, -0.25) is 0 Å². The summed E-state index contributed by atoms with van der Waals surface area (Å²) in [4.78, 5) is 2.38. The van der Waals surface area contributed by atoms with Gasteiger partial charge in [0.25, 0.3) is 0 Å². The molecule has 0 spiro atoms. The van der Waals surface area contributed by atoms with E-state index in [1.165, 1.54) is 12.8 Å². The highest BCUT2D eigenvalue weighted by Crippen LogP contribution is 2.34. The first kappa shape index (κ1) is 13.3. The Hall–Kier alpha value is -1.09. The van der Waals surface area contributed by atoms with Crippen LogP contribution in [-0.2, 0) is 0 Å². The molecule has 2 unspecified atom stereocenters. The molecule has 1 aliphatic rings. The summed E-state index contributed by atoms with van der Waals surface area (Å²) >= 11 is 0. The van der Waals surface area contributed by atoms with Crippen molar-refractivity contribution in [1.82, 2.24) is 5.32 Å². The maximum atomic E-state index is 14.1. The third kappa shape index (κ3) is 2.37. The van der Waals surface area contributed by atoms with E-state index in [0.29, 0.717) is 6.04 Å². The summed E-state index contributed by atoms with van der Waals surface area (Å²) in [5.74, 6) is -0.101. The van der Waals surface area contributed by atoms with Gasteiger partial charge in [-0.2, -0.15) is 0 Å². The van der Waals surface area contributed by atoms with Gasteiger partial charge < -0.3 is 10.2 Å². The summed E-state index contributed by atoms with van der Waals surface area (Å²) < 4.78 is 14.1. The molecule has 1 fully saturated rings. The number of hydrogen-bond donors (Lipinski definition) is 1. The predicted molar refractivity (Wildman–Crippen MR) is 74.5 cm³/mol. The summed E-state index contributed by atoms with van der Waals surface area (Å²) in [5, 5.41) is 3.15. The molecule has 0 radical (unpaired) electrons. The zero-order valence-corrected chi connectivity index (χ0v) is 11.5. The van der Waals surface area contributed by atoms with Crippen molar-refractivity contribution in [3.05, 3.63) is 29.6 Å². The van der Waals surface area contributed by atoms with Crippen LogP contribution in [0.3, 0.4) is 0 Å². The van der Waals surface area contributed by atoms with Crippen molar-refractivity contribution < 1.29 is 4.39 Å². The fourth-order valence-corrected chi connectivity index (χ4v) is 2.93. The number of hydrogen-bond acceptors (Lipinski definition) is 2. The minimum absolute atomic E-state index is 0.0410. The third-order valence-corrected chi connectivity index (χ3v) is 4.05. The lowest BCUT2D eigenvalue weighted by Gasteiger charge is -2.30. The largest absolute Gasteiger partial charge is 0.368 e. The van der Waals surface area contributed by atoms with Crippen LogP contribution in [0.15, 0.2) is 18.2 Å². The smallest absolute Gasteiger partial charge is 0.130 e. The molecule has 3 heteroatoms. The van der Waals surface area contributed by atoms with Crippen LogP contribution in [-0.4, -0.2) is 19.6 Å². The van der Waals surface area contributed by atoms with Crippen molar-refractivity contribution in [1.29, 1.82) is 0 Å². The lowest BCUT2D eigenvalue weighted by molar-refractivity contribution is 0.556. The van der Waals surface area contributed by atoms with Gasteiger partial charge in [0, 0.05) is 29.9 Å².